The van der Waals surface area contributed by atoms with Gasteiger partial charge in [0.25, 0.3) is 0 Å². The summed E-state index contributed by atoms with van der Waals surface area (Å²) in [6.45, 7) is 6.80. The van der Waals surface area contributed by atoms with E-state index < -0.39 is 0 Å². The molecular formula is C5H9N2. The molecule has 0 spiro atoms. The third-order valence-electron chi connectivity index (χ3n) is 0.793. The van der Waals surface area contributed by atoms with E-state index in [1.165, 1.54) is 0 Å². The normalized spacial score (nSPS) is 7.57. The molecular weight excluding hydrogens is 88.1 g/mol. The van der Waals surface area contributed by atoms with E-state index in [9.17, 15) is 0 Å². The Balaban J connectivity index is 3.23. The molecule has 7 heavy (non-hydrogen) atoms. The van der Waals surface area contributed by atoms with Gasteiger partial charge in [0.05, 0.1) is 0 Å². The fraction of sp³-hybridized carbons (Fsp3) is 0.600. The second kappa shape index (κ2) is 3.48. The smallest absolute Gasteiger partial charge is 0.179 e. The van der Waals surface area contributed by atoms with E-state index >= 15 is 0 Å². The molecule has 0 saturated heterocycles. The average molecular weight is 97.1 g/mol. The summed E-state index contributed by atoms with van der Waals surface area (Å²) in [5.41, 5.74) is 0. The van der Waals surface area contributed by atoms with Crippen molar-refractivity contribution in [3.8, 4) is 6.19 Å². The van der Waals surface area contributed by atoms with Gasteiger partial charge in [-0.25, -0.2) is 0 Å². The fourth-order valence-electron chi connectivity index (χ4n) is 0.279. The zero-order chi connectivity index (χ0) is 5.70. The highest BCUT2D eigenvalue weighted by Crippen LogP contribution is 1.77. The predicted octanol–water partition coefficient (Wildman–Crippen LogP) is 0.623. The van der Waals surface area contributed by atoms with Gasteiger partial charge >= 0.3 is 0 Å². The lowest BCUT2D eigenvalue weighted by Crippen LogP contribution is -2.15. The zero-order valence-electron chi connectivity index (χ0n) is 4.52. The number of hydrogen-bond donors (Lipinski definition) is 0. The molecule has 0 heterocycles. The van der Waals surface area contributed by atoms with Gasteiger partial charge in [0.1, 0.15) is 0 Å². The highest BCUT2D eigenvalue weighted by Gasteiger charge is 1.87. The Morgan fingerprint density at radius 3 is 2.43 bits per heavy atom. The first-order chi connectivity index (χ1) is 3.35. The summed E-state index contributed by atoms with van der Waals surface area (Å²) >= 11 is 0. The van der Waals surface area contributed by atoms with Crippen LogP contribution in [0.5, 0.6) is 0 Å². The maximum atomic E-state index is 8.16. The molecule has 1 radical (unpaired) electrons. The summed E-state index contributed by atoms with van der Waals surface area (Å²) in [6, 6.07) is 0. The van der Waals surface area contributed by atoms with Crippen molar-refractivity contribution < 1.29 is 0 Å². The average Bonchev–Trinajstić information content (AvgIpc) is 1.72. The highest BCUT2D eigenvalue weighted by molar-refractivity contribution is 4.71. The maximum absolute atomic E-state index is 8.16. The molecule has 0 aliphatic heterocycles. The molecule has 0 amide bonds. The molecule has 0 atom stereocenters. The molecule has 0 saturated carbocycles. The van der Waals surface area contributed by atoms with Crippen LogP contribution in [0.3, 0.4) is 0 Å². The van der Waals surface area contributed by atoms with Gasteiger partial charge in [-0.3, -0.25) is 0 Å². The van der Waals surface area contributed by atoms with E-state index in [4.69, 9.17) is 5.26 Å². The van der Waals surface area contributed by atoms with Gasteiger partial charge in [-0.1, -0.05) is 0 Å². The Labute approximate surface area is 44.4 Å². The van der Waals surface area contributed by atoms with Crippen molar-refractivity contribution in [3.05, 3.63) is 6.92 Å². The predicted molar refractivity (Wildman–Crippen MR) is 28.2 cm³/mol. The van der Waals surface area contributed by atoms with Crippen LogP contribution in [0.4, 0.5) is 0 Å². The van der Waals surface area contributed by atoms with Crippen molar-refractivity contribution in [1.82, 2.24) is 4.90 Å². The van der Waals surface area contributed by atoms with Crippen molar-refractivity contribution in [3.63, 3.8) is 0 Å². The third-order valence-corrected chi connectivity index (χ3v) is 0.793. The quantitative estimate of drug-likeness (QED) is 0.373. The molecule has 2 heteroatoms. The largest absolute Gasteiger partial charge is 0.311 e. The van der Waals surface area contributed by atoms with Crippen LogP contribution in [-0.2, 0) is 0 Å². The zero-order valence-corrected chi connectivity index (χ0v) is 4.52. The van der Waals surface area contributed by atoms with E-state index in [-0.39, 0.29) is 0 Å². The Morgan fingerprint density at radius 2 is 2.43 bits per heavy atom. The van der Waals surface area contributed by atoms with Gasteiger partial charge < -0.3 is 4.90 Å². The van der Waals surface area contributed by atoms with Crippen LogP contribution in [0, 0.1) is 18.4 Å². The van der Waals surface area contributed by atoms with Gasteiger partial charge in [-0.05, 0) is 13.8 Å². The lowest BCUT2D eigenvalue weighted by molar-refractivity contribution is 0.456. The first-order valence-corrected chi connectivity index (χ1v) is 2.29. The van der Waals surface area contributed by atoms with E-state index in [0.717, 1.165) is 6.54 Å². The van der Waals surface area contributed by atoms with E-state index in [0.29, 0.717) is 6.54 Å². The molecule has 0 N–H and O–H groups in total. The van der Waals surface area contributed by atoms with Gasteiger partial charge in [0, 0.05) is 13.1 Å². The van der Waals surface area contributed by atoms with Crippen LogP contribution in [0.2, 0.25) is 0 Å². The molecule has 0 aromatic carbocycles. The summed E-state index contributed by atoms with van der Waals surface area (Å²) in [7, 11) is 0. The third kappa shape index (κ3) is 2.05. The van der Waals surface area contributed by atoms with Crippen molar-refractivity contribution in [1.29, 1.82) is 5.26 Å². The molecule has 0 aromatic rings. The van der Waals surface area contributed by atoms with Gasteiger partial charge in [-0.2, -0.15) is 5.26 Å². The Morgan fingerprint density at radius 1 is 1.86 bits per heavy atom. The van der Waals surface area contributed by atoms with Crippen LogP contribution in [0.15, 0.2) is 0 Å². The second-order valence-electron chi connectivity index (χ2n) is 1.18. The molecule has 2 nitrogen and oxygen atoms in total. The molecule has 0 aromatic heterocycles. The standard InChI is InChI=1S/C5H9N2/c1-3-7(4-2)5-6/h1,3-4H2,2H3. The SMILES string of the molecule is [CH2]CN(C#N)CC. The van der Waals surface area contributed by atoms with Crippen LogP contribution >= 0.6 is 0 Å². The topological polar surface area (TPSA) is 27.0 Å². The lowest BCUT2D eigenvalue weighted by Gasteiger charge is -2.06. The number of rotatable bonds is 2. The van der Waals surface area contributed by atoms with E-state index in [1.54, 1.807) is 4.90 Å². The minimum absolute atomic E-state index is 0.576. The molecule has 0 aliphatic carbocycles. The molecule has 0 bridgehead atoms. The van der Waals surface area contributed by atoms with Crippen LogP contribution in [-0.4, -0.2) is 18.0 Å². The van der Waals surface area contributed by atoms with Crippen LogP contribution < -0.4 is 0 Å². The Kier molecular flexibility index (Phi) is 3.13. The Hall–Kier alpha value is -0.710. The summed E-state index contributed by atoms with van der Waals surface area (Å²) in [5, 5.41) is 8.16. The molecule has 0 unspecified atom stereocenters. The summed E-state index contributed by atoms with van der Waals surface area (Å²) in [6.07, 6.45) is 1.97. The van der Waals surface area contributed by atoms with Gasteiger partial charge in [0.15, 0.2) is 6.19 Å². The number of nitrogens with zero attached hydrogens (tertiary/aromatic N) is 2. The number of nitriles is 1. The highest BCUT2D eigenvalue weighted by atomic mass is 15.1. The van der Waals surface area contributed by atoms with E-state index in [2.05, 4.69) is 6.92 Å². The fourth-order valence-corrected chi connectivity index (χ4v) is 0.279. The first-order valence-electron chi connectivity index (χ1n) is 2.29. The molecule has 0 rings (SSSR count). The van der Waals surface area contributed by atoms with Crippen molar-refractivity contribution in [2.45, 2.75) is 6.92 Å². The minimum atomic E-state index is 0.576. The summed E-state index contributed by atoms with van der Waals surface area (Å²) in [5.74, 6) is 0. The van der Waals surface area contributed by atoms with E-state index in [1.807, 2.05) is 13.1 Å². The Bertz CT molecular complexity index is 68.6. The summed E-state index contributed by atoms with van der Waals surface area (Å²) < 4.78 is 0. The minimum Gasteiger partial charge on any atom is -0.311 e. The van der Waals surface area contributed by atoms with Crippen molar-refractivity contribution in [2.75, 3.05) is 13.1 Å². The van der Waals surface area contributed by atoms with Crippen molar-refractivity contribution in [2.24, 2.45) is 0 Å². The first kappa shape index (κ1) is 6.29. The molecule has 0 aliphatic rings. The number of hydrogen-bond acceptors (Lipinski definition) is 2. The molecule has 0 fully saturated rings. The maximum Gasteiger partial charge on any atom is 0.179 e. The van der Waals surface area contributed by atoms with Gasteiger partial charge in [0.2, 0.25) is 0 Å². The monoisotopic (exact) mass is 97.1 g/mol. The van der Waals surface area contributed by atoms with Crippen molar-refractivity contribution >= 4 is 0 Å². The second-order valence-corrected chi connectivity index (χ2v) is 1.18. The van der Waals surface area contributed by atoms with Crippen LogP contribution in [0.25, 0.3) is 0 Å². The van der Waals surface area contributed by atoms with Crippen LogP contribution in [0.1, 0.15) is 6.92 Å². The molecule has 39 valence electrons. The summed E-state index contributed by atoms with van der Waals surface area (Å²) in [4.78, 5) is 1.57. The van der Waals surface area contributed by atoms with Gasteiger partial charge in [-0.15, -0.1) is 0 Å². The lowest BCUT2D eigenvalue weighted by atomic mass is 10.6.